The van der Waals surface area contributed by atoms with Gasteiger partial charge < -0.3 is 16.0 Å². The van der Waals surface area contributed by atoms with Gasteiger partial charge in [-0.3, -0.25) is 4.79 Å². The Morgan fingerprint density at radius 2 is 1.37 bits per heavy atom. The van der Waals surface area contributed by atoms with E-state index in [0.29, 0.717) is 23.2 Å². The van der Waals surface area contributed by atoms with E-state index in [4.69, 9.17) is 0 Å². The average Bonchev–Trinajstić information content (AvgIpc) is 3.15. The zero-order chi connectivity index (χ0) is 19.2. The van der Waals surface area contributed by atoms with Crippen LogP contribution in [-0.4, -0.2) is 18.0 Å². The fourth-order valence-electron chi connectivity index (χ4n) is 3.29. The number of amides is 3. The van der Waals surface area contributed by atoms with Gasteiger partial charge in [-0.1, -0.05) is 38.8 Å². The molecule has 0 heterocycles. The summed E-state index contributed by atoms with van der Waals surface area (Å²) in [5.74, 6) is 0.403. The van der Waals surface area contributed by atoms with Crippen molar-refractivity contribution < 1.29 is 9.59 Å². The summed E-state index contributed by atoms with van der Waals surface area (Å²) in [6, 6.07) is 14.7. The number of benzene rings is 2. The van der Waals surface area contributed by atoms with E-state index in [0.717, 1.165) is 18.5 Å². The predicted octanol–water partition coefficient (Wildman–Crippen LogP) is 5.13. The van der Waals surface area contributed by atoms with Crippen molar-refractivity contribution in [2.45, 2.75) is 51.5 Å². The van der Waals surface area contributed by atoms with Crippen LogP contribution in [0.1, 0.15) is 61.4 Å². The van der Waals surface area contributed by atoms with Crippen LogP contribution < -0.4 is 16.0 Å². The lowest BCUT2D eigenvalue weighted by Crippen LogP contribution is -2.32. The smallest absolute Gasteiger partial charge is 0.323 e. The number of carbonyl (C=O) groups excluding carboxylic acids is 2. The Bertz CT molecular complexity index is 776. The molecule has 0 aliphatic heterocycles. The molecule has 1 aliphatic carbocycles. The van der Waals surface area contributed by atoms with E-state index < -0.39 is 0 Å². The van der Waals surface area contributed by atoms with Gasteiger partial charge in [-0.15, -0.1) is 0 Å². The van der Waals surface area contributed by atoms with Crippen molar-refractivity contribution in [3.05, 3.63) is 59.7 Å². The molecule has 5 heteroatoms. The van der Waals surface area contributed by atoms with E-state index in [-0.39, 0.29) is 11.9 Å². The molecule has 0 atom stereocenters. The van der Waals surface area contributed by atoms with E-state index in [1.165, 1.54) is 18.4 Å². The summed E-state index contributed by atoms with van der Waals surface area (Å²) in [5, 5.41) is 8.66. The summed E-state index contributed by atoms with van der Waals surface area (Å²) in [7, 11) is 0. The number of urea groups is 1. The van der Waals surface area contributed by atoms with Gasteiger partial charge in [-0.2, -0.15) is 0 Å². The van der Waals surface area contributed by atoms with E-state index in [1.54, 1.807) is 24.3 Å². The molecule has 142 valence electrons. The molecule has 5 nitrogen and oxygen atoms in total. The number of hydrogen-bond donors (Lipinski definition) is 3. The summed E-state index contributed by atoms with van der Waals surface area (Å²) in [5.41, 5.74) is 3.22. The first kappa shape index (κ1) is 19.0. The van der Waals surface area contributed by atoms with Crippen molar-refractivity contribution >= 4 is 23.3 Å². The monoisotopic (exact) mass is 365 g/mol. The zero-order valence-electron chi connectivity index (χ0n) is 15.9. The normalized spacial score (nSPS) is 14.2. The van der Waals surface area contributed by atoms with Crippen LogP contribution in [0.5, 0.6) is 0 Å². The van der Waals surface area contributed by atoms with Gasteiger partial charge in [0.2, 0.25) is 0 Å². The largest absolute Gasteiger partial charge is 0.349 e. The second kappa shape index (κ2) is 8.71. The van der Waals surface area contributed by atoms with E-state index in [1.807, 2.05) is 24.3 Å². The Balaban J connectivity index is 1.52. The van der Waals surface area contributed by atoms with Crippen LogP contribution in [0.4, 0.5) is 16.2 Å². The summed E-state index contributed by atoms with van der Waals surface area (Å²) >= 11 is 0. The maximum Gasteiger partial charge on any atom is 0.323 e. The maximum absolute atomic E-state index is 12.2. The standard InChI is InChI=1S/C22H27N3O2/c1-15(2)16-7-11-19(12-8-16)24-22(27)25-20-13-9-17(10-14-20)21(26)23-18-5-3-4-6-18/h7-15,18H,3-6H2,1-2H3,(H,23,26)(H2,24,25,27). The van der Waals surface area contributed by atoms with Gasteiger partial charge in [-0.05, 0) is 60.7 Å². The third-order valence-corrected chi connectivity index (χ3v) is 4.93. The van der Waals surface area contributed by atoms with Crippen molar-refractivity contribution in [1.82, 2.24) is 5.32 Å². The highest BCUT2D eigenvalue weighted by atomic mass is 16.2. The first-order chi connectivity index (χ1) is 13.0. The molecule has 27 heavy (non-hydrogen) atoms. The fraction of sp³-hybridized carbons (Fsp3) is 0.364. The third-order valence-electron chi connectivity index (χ3n) is 4.93. The average molecular weight is 365 g/mol. The Kier molecular flexibility index (Phi) is 6.12. The number of rotatable bonds is 5. The first-order valence-corrected chi connectivity index (χ1v) is 9.60. The van der Waals surface area contributed by atoms with Crippen molar-refractivity contribution in [1.29, 1.82) is 0 Å². The lowest BCUT2D eigenvalue weighted by Gasteiger charge is -2.12. The molecule has 1 aliphatic rings. The molecule has 0 unspecified atom stereocenters. The van der Waals surface area contributed by atoms with Crippen LogP contribution in [0.2, 0.25) is 0 Å². The minimum absolute atomic E-state index is 0.0526. The molecule has 0 bridgehead atoms. The van der Waals surface area contributed by atoms with Crippen molar-refractivity contribution in [3.63, 3.8) is 0 Å². The molecule has 3 amide bonds. The third kappa shape index (κ3) is 5.33. The van der Waals surface area contributed by atoms with Crippen LogP contribution in [0.3, 0.4) is 0 Å². The van der Waals surface area contributed by atoms with Crippen LogP contribution in [0, 0.1) is 0 Å². The summed E-state index contributed by atoms with van der Waals surface area (Å²) in [4.78, 5) is 24.4. The molecular formula is C22H27N3O2. The van der Waals surface area contributed by atoms with Gasteiger partial charge in [-0.25, -0.2) is 4.79 Å². The molecule has 3 rings (SSSR count). The van der Waals surface area contributed by atoms with Crippen LogP contribution in [0.25, 0.3) is 0 Å². The second-order valence-corrected chi connectivity index (χ2v) is 7.39. The summed E-state index contributed by atoms with van der Waals surface area (Å²) in [6.45, 7) is 4.26. The van der Waals surface area contributed by atoms with Crippen molar-refractivity contribution in [3.8, 4) is 0 Å². The van der Waals surface area contributed by atoms with Crippen LogP contribution in [-0.2, 0) is 0 Å². The van der Waals surface area contributed by atoms with Gasteiger partial charge in [0, 0.05) is 23.0 Å². The second-order valence-electron chi connectivity index (χ2n) is 7.39. The highest BCUT2D eigenvalue weighted by molar-refractivity contribution is 6.00. The van der Waals surface area contributed by atoms with E-state index >= 15 is 0 Å². The molecule has 1 fully saturated rings. The molecule has 3 N–H and O–H groups in total. The summed E-state index contributed by atoms with van der Waals surface area (Å²) < 4.78 is 0. The van der Waals surface area contributed by atoms with Crippen molar-refractivity contribution in [2.24, 2.45) is 0 Å². The molecule has 0 aromatic heterocycles. The van der Waals surface area contributed by atoms with E-state index in [2.05, 4.69) is 29.8 Å². The predicted molar refractivity (Wildman–Crippen MR) is 109 cm³/mol. The molecule has 0 spiro atoms. The van der Waals surface area contributed by atoms with Gasteiger partial charge in [0.25, 0.3) is 5.91 Å². The van der Waals surface area contributed by atoms with Crippen LogP contribution >= 0.6 is 0 Å². The van der Waals surface area contributed by atoms with Gasteiger partial charge in [0.1, 0.15) is 0 Å². The lowest BCUT2D eigenvalue weighted by atomic mass is 10.0. The summed E-state index contributed by atoms with van der Waals surface area (Å²) in [6.07, 6.45) is 4.49. The molecule has 2 aromatic carbocycles. The number of nitrogens with one attached hydrogen (secondary N) is 3. The minimum Gasteiger partial charge on any atom is -0.349 e. The highest BCUT2D eigenvalue weighted by Crippen LogP contribution is 2.19. The Morgan fingerprint density at radius 1 is 0.852 bits per heavy atom. The first-order valence-electron chi connectivity index (χ1n) is 9.60. The van der Waals surface area contributed by atoms with Crippen molar-refractivity contribution in [2.75, 3.05) is 10.6 Å². The van der Waals surface area contributed by atoms with Gasteiger partial charge >= 0.3 is 6.03 Å². The Hall–Kier alpha value is -2.82. The van der Waals surface area contributed by atoms with E-state index in [9.17, 15) is 9.59 Å². The maximum atomic E-state index is 12.2. The minimum atomic E-state index is -0.310. The van der Waals surface area contributed by atoms with Crippen LogP contribution in [0.15, 0.2) is 48.5 Å². The highest BCUT2D eigenvalue weighted by Gasteiger charge is 2.17. The Labute approximate surface area is 160 Å². The fourth-order valence-corrected chi connectivity index (χ4v) is 3.29. The number of anilines is 2. The molecule has 0 radical (unpaired) electrons. The Morgan fingerprint density at radius 3 is 1.89 bits per heavy atom. The molecular weight excluding hydrogens is 338 g/mol. The molecule has 1 saturated carbocycles. The SMILES string of the molecule is CC(C)c1ccc(NC(=O)Nc2ccc(C(=O)NC3CCCC3)cc2)cc1. The van der Waals surface area contributed by atoms with Gasteiger partial charge in [0.15, 0.2) is 0 Å². The number of hydrogen-bond acceptors (Lipinski definition) is 2. The number of carbonyl (C=O) groups is 2. The molecule has 2 aromatic rings. The zero-order valence-corrected chi connectivity index (χ0v) is 15.9. The topological polar surface area (TPSA) is 70.2 Å². The molecule has 0 saturated heterocycles. The lowest BCUT2D eigenvalue weighted by molar-refractivity contribution is 0.0938. The quantitative estimate of drug-likeness (QED) is 0.688. The van der Waals surface area contributed by atoms with Gasteiger partial charge in [0.05, 0.1) is 0 Å².